The van der Waals surface area contributed by atoms with E-state index in [0.717, 1.165) is 0 Å². The van der Waals surface area contributed by atoms with Gasteiger partial charge in [-0.15, -0.1) is 0 Å². The van der Waals surface area contributed by atoms with Crippen LogP contribution in [-0.2, 0) is 0 Å². The van der Waals surface area contributed by atoms with E-state index in [1.807, 2.05) is 0 Å². The van der Waals surface area contributed by atoms with Crippen molar-refractivity contribution in [3.05, 3.63) is 45.2 Å². The zero-order chi connectivity index (χ0) is 13.1. The Morgan fingerprint density at radius 2 is 2.17 bits per heavy atom. The number of halogens is 1. The van der Waals surface area contributed by atoms with Crippen molar-refractivity contribution in [2.45, 2.75) is 0 Å². The van der Waals surface area contributed by atoms with E-state index in [0.29, 0.717) is 10.2 Å². The van der Waals surface area contributed by atoms with Crippen LogP contribution in [0.3, 0.4) is 0 Å². The van der Waals surface area contributed by atoms with Gasteiger partial charge in [0.2, 0.25) is 5.88 Å². The van der Waals surface area contributed by atoms with Crippen LogP contribution in [0.15, 0.2) is 35.1 Å². The van der Waals surface area contributed by atoms with E-state index in [9.17, 15) is 10.1 Å². The number of nitrogen functional groups attached to an aromatic ring is 1. The molecule has 18 heavy (non-hydrogen) atoms. The summed E-state index contributed by atoms with van der Waals surface area (Å²) >= 11 is 3.18. The minimum Gasteiger partial charge on any atom is -0.437 e. The van der Waals surface area contributed by atoms with Crippen LogP contribution in [0.5, 0.6) is 11.6 Å². The monoisotopic (exact) mass is 310 g/mol. The first-order chi connectivity index (χ1) is 8.58. The van der Waals surface area contributed by atoms with Gasteiger partial charge in [0.15, 0.2) is 0 Å². The number of rotatable bonds is 3. The van der Waals surface area contributed by atoms with Crippen molar-refractivity contribution < 1.29 is 9.66 Å². The number of hydrogen-bond acceptors (Lipinski definition) is 6. The summed E-state index contributed by atoms with van der Waals surface area (Å²) in [5.74, 6) is 0.719. The normalized spacial score (nSPS) is 10.1. The maximum atomic E-state index is 10.6. The number of nitro benzene ring substituents is 1. The molecule has 0 aliphatic heterocycles. The number of hydrogen-bond donors (Lipinski definition) is 1. The van der Waals surface area contributed by atoms with E-state index in [2.05, 4.69) is 25.9 Å². The Morgan fingerprint density at radius 1 is 1.39 bits per heavy atom. The van der Waals surface area contributed by atoms with Crippen molar-refractivity contribution in [2.75, 3.05) is 5.73 Å². The topological polar surface area (TPSA) is 104 Å². The molecule has 92 valence electrons. The maximum absolute atomic E-state index is 10.6. The van der Waals surface area contributed by atoms with Crippen molar-refractivity contribution in [1.82, 2.24) is 9.97 Å². The minimum absolute atomic E-state index is 0.0642. The summed E-state index contributed by atoms with van der Waals surface area (Å²) < 4.78 is 5.80. The highest BCUT2D eigenvalue weighted by atomic mass is 79.9. The molecule has 1 aromatic heterocycles. The van der Waals surface area contributed by atoms with Crippen molar-refractivity contribution in [1.29, 1.82) is 0 Å². The molecule has 8 heteroatoms. The zero-order valence-electron chi connectivity index (χ0n) is 8.91. The molecule has 0 radical (unpaired) electrons. The Labute approximate surface area is 110 Å². The lowest BCUT2D eigenvalue weighted by molar-refractivity contribution is -0.384. The molecule has 2 N–H and O–H groups in total. The lowest BCUT2D eigenvalue weighted by Gasteiger charge is -2.06. The molecule has 1 heterocycles. The molecule has 1 aromatic carbocycles. The third kappa shape index (κ3) is 2.54. The van der Waals surface area contributed by atoms with Crippen LogP contribution < -0.4 is 10.5 Å². The predicted molar refractivity (Wildman–Crippen MR) is 67.3 cm³/mol. The third-order valence-electron chi connectivity index (χ3n) is 2.03. The molecule has 0 spiro atoms. The second kappa shape index (κ2) is 4.96. The van der Waals surface area contributed by atoms with Gasteiger partial charge < -0.3 is 10.5 Å². The largest absolute Gasteiger partial charge is 0.437 e. The van der Waals surface area contributed by atoms with Gasteiger partial charge >= 0.3 is 0 Å². The van der Waals surface area contributed by atoms with E-state index in [4.69, 9.17) is 10.5 Å². The SMILES string of the molecule is Nc1ncnc(Oc2cccc([N+](=O)[O-])c2)c1Br. The number of non-ortho nitro benzene ring substituents is 1. The summed E-state index contributed by atoms with van der Waals surface area (Å²) in [6.45, 7) is 0. The number of nitrogens with two attached hydrogens (primary N) is 1. The van der Waals surface area contributed by atoms with Crippen LogP contribution in [0.25, 0.3) is 0 Å². The fourth-order valence-corrected chi connectivity index (χ4v) is 1.50. The van der Waals surface area contributed by atoms with Crippen molar-refractivity contribution >= 4 is 27.4 Å². The second-order valence-electron chi connectivity index (χ2n) is 3.23. The Morgan fingerprint density at radius 3 is 2.89 bits per heavy atom. The maximum Gasteiger partial charge on any atom is 0.273 e. The molecule has 7 nitrogen and oxygen atoms in total. The molecule has 0 saturated heterocycles. The molecule has 2 rings (SSSR count). The van der Waals surface area contributed by atoms with Crippen LogP contribution in [0, 0.1) is 10.1 Å². The van der Waals surface area contributed by atoms with E-state index in [1.165, 1.54) is 24.5 Å². The number of anilines is 1. The zero-order valence-corrected chi connectivity index (χ0v) is 10.5. The van der Waals surface area contributed by atoms with Gasteiger partial charge in [-0.05, 0) is 22.0 Å². The fourth-order valence-electron chi connectivity index (χ4n) is 1.21. The molecule has 0 aliphatic rings. The Hall–Kier alpha value is -2.22. The number of benzene rings is 1. The van der Waals surface area contributed by atoms with Crippen LogP contribution in [-0.4, -0.2) is 14.9 Å². The van der Waals surface area contributed by atoms with Gasteiger partial charge in [-0.2, -0.15) is 0 Å². The molecule has 0 saturated carbocycles. The van der Waals surface area contributed by atoms with Crippen LogP contribution in [0.1, 0.15) is 0 Å². The first kappa shape index (κ1) is 12.2. The van der Waals surface area contributed by atoms with Gasteiger partial charge in [-0.25, -0.2) is 9.97 Å². The smallest absolute Gasteiger partial charge is 0.273 e. The molecule has 0 unspecified atom stereocenters. The Kier molecular flexibility index (Phi) is 3.38. The van der Waals surface area contributed by atoms with Crippen LogP contribution >= 0.6 is 15.9 Å². The van der Waals surface area contributed by atoms with Gasteiger partial charge in [0.25, 0.3) is 5.69 Å². The number of nitro groups is 1. The third-order valence-corrected chi connectivity index (χ3v) is 2.77. The summed E-state index contributed by atoms with van der Waals surface area (Å²) in [5, 5.41) is 10.6. The van der Waals surface area contributed by atoms with E-state index in [1.54, 1.807) is 6.07 Å². The first-order valence-electron chi connectivity index (χ1n) is 4.76. The Balaban J connectivity index is 2.31. The molecular weight excluding hydrogens is 304 g/mol. The highest BCUT2D eigenvalue weighted by Crippen LogP contribution is 2.31. The second-order valence-corrected chi connectivity index (χ2v) is 4.03. The van der Waals surface area contributed by atoms with E-state index in [-0.39, 0.29) is 17.4 Å². The van der Waals surface area contributed by atoms with Gasteiger partial charge in [0.1, 0.15) is 22.4 Å². The summed E-state index contributed by atoms with van der Waals surface area (Å²) in [4.78, 5) is 17.8. The highest BCUT2D eigenvalue weighted by molar-refractivity contribution is 9.10. The van der Waals surface area contributed by atoms with Gasteiger partial charge in [0.05, 0.1) is 11.0 Å². The molecule has 0 bridgehead atoms. The average Bonchev–Trinajstić information content (AvgIpc) is 2.35. The molecule has 0 amide bonds. The van der Waals surface area contributed by atoms with E-state index < -0.39 is 4.92 Å². The average molecular weight is 311 g/mol. The molecule has 2 aromatic rings. The summed E-state index contributed by atoms with van der Waals surface area (Å²) in [7, 11) is 0. The lowest BCUT2D eigenvalue weighted by atomic mass is 10.3. The van der Waals surface area contributed by atoms with Gasteiger partial charge in [-0.1, -0.05) is 6.07 Å². The molecule has 0 aliphatic carbocycles. The standard InChI is InChI=1S/C10H7BrN4O3/c11-8-9(12)13-5-14-10(8)18-7-3-1-2-6(4-7)15(16)17/h1-5H,(H2,12,13,14). The van der Waals surface area contributed by atoms with Gasteiger partial charge in [-0.3, -0.25) is 10.1 Å². The molecule has 0 atom stereocenters. The number of aromatic nitrogens is 2. The fraction of sp³-hybridized carbons (Fsp3) is 0. The van der Waals surface area contributed by atoms with Crippen molar-refractivity contribution in [3.8, 4) is 11.6 Å². The predicted octanol–water partition coefficient (Wildman–Crippen LogP) is 2.52. The van der Waals surface area contributed by atoms with Gasteiger partial charge in [0, 0.05) is 6.07 Å². The molecule has 0 fully saturated rings. The molecular formula is C10H7BrN4O3. The first-order valence-corrected chi connectivity index (χ1v) is 5.55. The highest BCUT2D eigenvalue weighted by Gasteiger charge is 2.11. The number of ether oxygens (including phenoxy) is 1. The summed E-state index contributed by atoms with van der Waals surface area (Å²) in [6, 6.07) is 5.77. The summed E-state index contributed by atoms with van der Waals surface area (Å²) in [5.41, 5.74) is 5.50. The summed E-state index contributed by atoms with van der Waals surface area (Å²) in [6.07, 6.45) is 1.24. The quantitative estimate of drug-likeness (QED) is 0.690. The minimum atomic E-state index is -0.504. The van der Waals surface area contributed by atoms with Crippen molar-refractivity contribution in [2.24, 2.45) is 0 Å². The number of nitrogens with zero attached hydrogens (tertiary/aromatic N) is 3. The van der Waals surface area contributed by atoms with Crippen LogP contribution in [0.2, 0.25) is 0 Å². The lowest BCUT2D eigenvalue weighted by Crippen LogP contribution is -1.97. The Bertz CT molecular complexity index is 605. The van der Waals surface area contributed by atoms with Crippen molar-refractivity contribution in [3.63, 3.8) is 0 Å². The van der Waals surface area contributed by atoms with Crippen LogP contribution in [0.4, 0.5) is 11.5 Å². The van der Waals surface area contributed by atoms with E-state index >= 15 is 0 Å².